The molecule has 0 aliphatic carbocycles. The van der Waals surface area contributed by atoms with E-state index in [0.717, 1.165) is 22.6 Å². The number of pyridine rings is 1. The summed E-state index contributed by atoms with van der Waals surface area (Å²) >= 11 is 0. The van der Waals surface area contributed by atoms with Crippen molar-refractivity contribution in [2.45, 2.75) is 26.7 Å². The fourth-order valence-electron chi connectivity index (χ4n) is 3.00. The van der Waals surface area contributed by atoms with E-state index in [-0.39, 0.29) is 0 Å². The van der Waals surface area contributed by atoms with Crippen LogP contribution >= 0.6 is 0 Å². The number of hydrogen-bond donors (Lipinski definition) is 1. The molecule has 0 aliphatic heterocycles. The van der Waals surface area contributed by atoms with Crippen molar-refractivity contribution < 1.29 is 0 Å². The van der Waals surface area contributed by atoms with E-state index in [1.165, 1.54) is 11.1 Å². The molecule has 4 nitrogen and oxygen atoms in total. The maximum atomic E-state index is 4.68. The summed E-state index contributed by atoms with van der Waals surface area (Å²) in [4.78, 5) is 4.61. The van der Waals surface area contributed by atoms with Gasteiger partial charge >= 0.3 is 0 Å². The fraction of sp³-hybridized carbons (Fsp3) is 0.182. The second-order valence-electron chi connectivity index (χ2n) is 6.89. The zero-order valence-corrected chi connectivity index (χ0v) is 15.3. The first-order valence-electron chi connectivity index (χ1n) is 8.90. The van der Waals surface area contributed by atoms with Crippen molar-refractivity contribution in [3.63, 3.8) is 0 Å². The maximum absolute atomic E-state index is 4.68. The summed E-state index contributed by atoms with van der Waals surface area (Å²) in [6, 6.07) is 22.9. The van der Waals surface area contributed by atoms with Crippen LogP contribution in [0.25, 0.3) is 16.9 Å². The van der Waals surface area contributed by atoms with Gasteiger partial charge in [0.15, 0.2) is 5.65 Å². The van der Waals surface area contributed by atoms with Gasteiger partial charge in [-0.1, -0.05) is 55.8 Å². The maximum Gasteiger partial charge on any atom is 0.247 e. The van der Waals surface area contributed by atoms with Gasteiger partial charge in [0.25, 0.3) is 0 Å². The minimum absolute atomic E-state index is 0.490. The van der Waals surface area contributed by atoms with Gasteiger partial charge < -0.3 is 5.32 Å². The van der Waals surface area contributed by atoms with Gasteiger partial charge in [-0.05, 0) is 48.7 Å². The fourth-order valence-corrected chi connectivity index (χ4v) is 3.00. The number of hydrogen-bond acceptors (Lipinski definition) is 3. The van der Waals surface area contributed by atoms with E-state index >= 15 is 0 Å². The lowest BCUT2D eigenvalue weighted by molar-refractivity contribution is 0.866. The molecule has 4 aromatic rings. The highest BCUT2D eigenvalue weighted by Crippen LogP contribution is 2.25. The van der Waals surface area contributed by atoms with Gasteiger partial charge in [-0.3, -0.25) is 0 Å². The van der Waals surface area contributed by atoms with Crippen molar-refractivity contribution in [2.75, 3.05) is 5.32 Å². The van der Waals surface area contributed by atoms with E-state index < -0.39 is 0 Å². The molecule has 2 heterocycles. The number of aromatic nitrogens is 3. The van der Waals surface area contributed by atoms with Crippen molar-refractivity contribution in [3.8, 4) is 11.3 Å². The second-order valence-corrected chi connectivity index (χ2v) is 6.89. The molecule has 2 aromatic carbocycles. The SMILES string of the molecule is Cc1ccc(Nc2nc3cccc(-c4cccc(C(C)C)c4)n3n2)cc1. The molecule has 4 heteroatoms. The van der Waals surface area contributed by atoms with Crippen molar-refractivity contribution in [2.24, 2.45) is 0 Å². The van der Waals surface area contributed by atoms with E-state index in [9.17, 15) is 0 Å². The van der Waals surface area contributed by atoms with Crippen molar-refractivity contribution in [1.29, 1.82) is 0 Å². The molecule has 1 N–H and O–H groups in total. The van der Waals surface area contributed by atoms with Crippen LogP contribution in [0.15, 0.2) is 66.7 Å². The molecular weight excluding hydrogens is 320 g/mol. The predicted molar refractivity (Wildman–Crippen MR) is 107 cm³/mol. The quantitative estimate of drug-likeness (QED) is 0.527. The zero-order valence-electron chi connectivity index (χ0n) is 15.3. The Kier molecular flexibility index (Phi) is 4.17. The minimum Gasteiger partial charge on any atom is -0.323 e. The normalized spacial score (nSPS) is 11.2. The Balaban J connectivity index is 1.74. The molecule has 2 aromatic heterocycles. The lowest BCUT2D eigenvalue weighted by Gasteiger charge is -2.09. The Morgan fingerprint density at radius 2 is 1.69 bits per heavy atom. The first kappa shape index (κ1) is 16.3. The van der Waals surface area contributed by atoms with E-state index in [0.29, 0.717) is 11.9 Å². The van der Waals surface area contributed by atoms with Crippen LogP contribution < -0.4 is 5.32 Å². The molecule has 0 bridgehead atoms. The number of rotatable bonds is 4. The van der Waals surface area contributed by atoms with Gasteiger partial charge in [0.2, 0.25) is 5.95 Å². The highest BCUT2D eigenvalue weighted by atomic mass is 15.4. The average molecular weight is 342 g/mol. The summed E-state index contributed by atoms with van der Waals surface area (Å²) < 4.78 is 1.90. The summed E-state index contributed by atoms with van der Waals surface area (Å²) in [5.74, 6) is 1.09. The van der Waals surface area contributed by atoms with Gasteiger partial charge in [-0.25, -0.2) is 4.52 Å². The third kappa shape index (κ3) is 3.18. The molecular formula is C22H22N4. The van der Waals surface area contributed by atoms with Gasteiger partial charge in [-0.2, -0.15) is 4.98 Å². The van der Waals surface area contributed by atoms with Gasteiger partial charge in [-0.15, -0.1) is 5.10 Å². The van der Waals surface area contributed by atoms with E-state index in [1.54, 1.807) is 0 Å². The molecule has 0 aliphatic rings. The summed E-state index contributed by atoms with van der Waals surface area (Å²) in [5.41, 5.74) is 6.54. The number of nitrogens with one attached hydrogen (secondary N) is 1. The molecule has 130 valence electrons. The topological polar surface area (TPSA) is 42.2 Å². The third-order valence-electron chi connectivity index (χ3n) is 4.52. The van der Waals surface area contributed by atoms with Crippen LogP contribution in [0.1, 0.15) is 30.9 Å². The van der Waals surface area contributed by atoms with Gasteiger partial charge in [0.1, 0.15) is 0 Å². The summed E-state index contributed by atoms with van der Waals surface area (Å²) in [7, 11) is 0. The second kappa shape index (κ2) is 6.64. The molecule has 4 rings (SSSR count). The number of aryl methyl sites for hydroxylation is 1. The molecule has 0 amide bonds. The zero-order chi connectivity index (χ0) is 18.1. The predicted octanol–water partition coefficient (Wildman–Crippen LogP) is 5.57. The Labute approximate surface area is 153 Å². The minimum atomic E-state index is 0.490. The first-order chi connectivity index (χ1) is 12.6. The van der Waals surface area contributed by atoms with E-state index in [1.807, 2.05) is 28.8 Å². The summed E-state index contributed by atoms with van der Waals surface area (Å²) in [5, 5.41) is 7.96. The number of anilines is 2. The Morgan fingerprint density at radius 3 is 2.46 bits per heavy atom. The summed E-state index contributed by atoms with van der Waals surface area (Å²) in [6.45, 7) is 6.49. The Morgan fingerprint density at radius 1 is 0.923 bits per heavy atom. The first-order valence-corrected chi connectivity index (χ1v) is 8.90. The smallest absolute Gasteiger partial charge is 0.247 e. The van der Waals surface area contributed by atoms with Crippen LogP contribution in [0.2, 0.25) is 0 Å². The Hall–Kier alpha value is -3.14. The third-order valence-corrected chi connectivity index (χ3v) is 4.52. The highest BCUT2D eigenvalue weighted by molar-refractivity contribution is 5.65. The van der Waals surface area contributed by atoms with Gasteiger partial charge in [0.05, 0.1) is 5.69 Å². The largest absolute Gasteiger partial charge is 0.323 e. The molecule has 0 saturated carbocycles. The molecule has 0 fully saturated rings. The number of nitrogens with zero attached hydrogens (tertiary/aromatic N) is 3. The van der Waals surface area contributed by atoms with Crippen molar-refractivity contribution in [1.82, 2.24) is 14.6 Å². The molecule has 0 saturated heterocycles. The van der Waals surface area contributed by atoms with Crippen LogP contribution in [-0.2, 0) is 0 Å². The van der Waals surface area contributed by atoms with Crippen LogP contribution in [-0.4, -0.2) is 14.6 Å². The van der Waals surface area contributed by atoms with Crippen LogP contribution in [0, 0.1) is 6.92 Å². The number of fused-ring (bicyclic) bond motifs is 1. The van der Waals surface area contributed by atoms with Crippen molar-refractivity contribution >= 4 is 17.3 Å². The monoisotopic (exact) mass is 342 g/mol. The lowest BCUT2D eigenvalue weighted by Crippen LogP contribution is -1.96. The molecule has 0 unspecified atom stereocenters. The highest BCUT2D eigenvalue weighted by Gasteiger charge is 2.10. The molecule has 0 radical (unpaired) electrons. The Bertz CT molecular complexity index is 1050. The number of benzene rings is 2. The van der Waals surface area contributed by atoms with Gasteiger partial charge in [0, 0.05) is 11.3 Å². The lowest BCUT2D eigenvalue weighted by atomic mass is 9.99. The molecule has 0 atom stereocenters. The summed E-state index contributed by atoms with van der Waals surface area (Å²) in [6.07, 6.45) is 0. The van der Waals surface area contributed by atoms with E-state index in [4.69, 9.17) is 0 Å². The van der Waals surface area contributed by atoms with Crippen LogP contribution in [0.3, 0.4) is 0 Å². The van der Waals surface area contributed by atoms with Crippen LogP contribution in [0.4, 0.5) is 11.6 Å². The van der Waals surface area contributed by atoms with E-state index in [2.05, 4.69) is 78.6 Å². The molecule has 26 heavy (non-hydrogen) atoms. The van der Waals surface area contributed by atoms with Crippen molar-refractivity contribution in [3.05, 3.63) is 77.9 Å². The molecule has 0 spiro atoms. The standard InChI is InChI=1S/C22H22N4/c1-15(2)17-6-4-7-18(14-17)20-8-5-9-21-24-22(25-26(20)21)23-19-12-10-16(3)11-13-19/h4-15H,1-3H3,(H,23,25). The average Bonchev–Trinajstić information content (AvgIpc) is 3.06. The van der Waals surface area contributed by atoms with Crippen LogP contribution in [0.5, 0.6) is 0 Å².